The molecule has 1 amide bonds. The van der Waals surface area contributed by atoms with Crippen LogP contribution in [0, 0.1) is 13.8 Å². The summed E-state index contributed by atoms with van der Waals surface area (Å²) in [5.41, 5.74) is 3.62. The van der Waals surface area contributed by atoms with Gasteiger partial charge < -0.3 is 4.90 Å². The highest BCUT2D eigenvalue weighted by Crippen LogP contribution is 2.20. The Morgan fingerprint density at radius 1 is 1.19 bits per heavy atom. The molecule has 0 aliphatic heterocycles. The van der Waals surface area contributed by atoms with Crippen LogP contribution in [0.1, 0.15) is 27.2 Å². The van der Waals surface area contributed by atoms with Crippen molar-refractivity contribution in [2.24, 2.45) is 0 Å². The number of amides is 1. The second kappa shape index (κ2) is 6.46. The Morgan fingerprint density at radius 3 is 2.57 bits per heavy atom. The molecule has 0 bridgehead atoms. The van der Waals surface area contributed by atoms with Crippen LogP contribution in [0.5, 0.6) is 0 Å². The Kier molecular flexibility index (Phi) is 4.86. The van der Waals surface area contributed by atoms with Gasteiger partial charge in [-0.3, -0.25) is 4.79 Å². The summed E-state index contributed by atoms with van der Waals surface area (Å²) in [6, 6.07) is 9.30. The van der Waals surface area contributed by atoms with E-state index in [1.165, 1.54) is 5.56 Å². The van der Waals surface area contributed by atoms with E-state index < -0.39 is 0 Å². The summed E-state index contributed by atoms with van der Waals surface area (Å²) in [5, 5.41) is 0.555. The summed E-state index contributed by atoms with van der Waals surface area (Å²) >= 11 is 11.8. The van der Waals surface area contributed by atoms with Crippen LogP contribution in [0.2, 0.25) is 10.2 Å². The van der Waals surface area contributed by atoms with Gasteiger partial charge in [0, 0.05) is 13.6 Å². The van der Waals surface area contributed by atoms with Crippen molar-refractivity contribution in [3.05, 3.63) is 62.9 Å². The molecule has 1 aromatic carbocycles. The number of rotatable bonds is 3. The zero-order chi connectivity index (χ0) is 15.6. The van der Waals surface area contributed by atoms with E-state index in [0.29, 0.717) is 11.6 Å². The average molecular weight is 323 g/mol. The predicted molar refractivity (Wildman–Crippen MR) is 86.0 cm³/mol. The summed E-state index contributed by atoms with van der Waals surface area (Å²) in [7, 11) is 1.72. The number of benzene rings is 1. The largest absolute Gasteiger partial charge is 0.336 e. The maximum atomic E-state index is 12.4. The van der Waals surface area contributed by atoms with Crippen molar-refractivity contribution < 1.29 is 4.79 Å². The molecule has 110 valence electrons. The molecule has 0 saturated carbocycles. The number of aromatic nitrogens is 1. The molecule has 3 nitrogen and oxygen atoms in total. The minimum Gasteiger partial charge on any atom is -0.336 e. The van der Waals surface area contributed by atoms with Crippen LogP contribution < -0.4 is 0 Å². The van der Waals surface area contributed by atoms with Gasteiger partial charge in [-0.05, 0) is 37.1 Å². The van der Waals surface area contributed by atoms with Crippen molar-refractivity contribution >= 4 is 29.1 Å². The van der Waals surface area contributed by atoms with Gasteiger partial charge in [-0.1, -0.05) is 47.0 Å². The minimum atomic E-state index is -0.248. The molecule has 0 fully saturated rings. The number of pyridine rings is 1. The number of carbonyl (C=O) groups is 1. The third-order valence-corrected chi connectivity index (χ3v) is 3.78. The lowest BCUT2D eigenvalue weighted by Crippen LogP contribution is -2.27. The number of hydrogen-bond donors (Lipinski definition) is 0. The molecule has 1 aromatic heterocycles. The van der Waals surface area contributed by atoms with Crippen molar-refractivity contribution in [2.45, 2.75) is 20.4 Å². The summed E-state index contributed by atoms with van der Waals surface area (Å²) < 4.78 is 0. The van der Waals surface area contributed by atoms with Gasteiger partial charge in [0.2, 0.25) is 0 Å². The second-order valence-electron chi connectivity index (χ2n) is 5.06. The van der Waals surface area contributed by atoms with Gasteiger partial charge in [-0.15, -0.1) is 0 Å². The normalized spacial score (nSPS) is 10.5. The lowest BCUT2D eigenvalue weighted by molar-refractivity contribution is 0.0779. The highest BCUT2D eigenvalue weighted by molar-refractivity contribution is 6.34. The predicted octanol–water partition coefficient (Wildman–Crippen LogP) is 4.28. The molecule has 1 heterocycles. The fraction of sp³-hybridized carbons (Fsp3) is 0.250. The van der Waals surface area contributed by atoms with E-state index in [1.54, 1.807) is 24.1 Å². The fourth-order valence-electron chi connectivity index (χ4n) is 2.10. The first-order valence-corrected chi connectivity index (χ1v) is 7.27. The van der Waals surface area contributed by atoms with Crippen LogP contribution in [-0.2, 0) is 6.54 Å². The van der Waals surface area contributed by atoms with E-state index >= 15 is 0 Å². The summed E-state index contributed by atoms with van der Waals surface area (Å²) in [6.45, 7) is 4.57. The van der Waals surface area contributed by atoms with Gasteiger partial charge in [0.15, 0.2) is 0 Å². The molecular formula is C16H16Cl2N2O. The Labute approximate surface area is 134 Å². The van der Waals surface area contributed by atoms with E-state index in [4.69, 9.17) is 23.2 Å². The molecule has 5 heteroatoms. The van der Waals surface area contributed by atoms with Crippen LogP contribution >= 0.6 is 23.2 Å². The minimum absolute atomic E-state index is 0.177. The SMILES string of the molecule is Cc1ccc(CN(C)C(=O)c2nc(Cl)ccc2Cl)c(C)c1. The van der Waals surface area contributed by atoms with Gasteiger partial charge in [0.25, 0.3) is 5.91 Å². The summed E-state index contributed by atoms with van der Waals surface area (Å²) in [6.07, 6.45) is 0. The van der Waals surface area contributed by atoms with Gasteiger partial charge in [-0.25, -0.2) is 4.98 Å². The maximum Gasteiger partial charge on any atom is 0.274 e. The van der Waals surface area contributed by atoms with Gasteiger partial charge >= 0.3 is 0 Å². The van der Waals surface area contributed by atoms with Crippen molar-refractivity contribution in [2.75, 3.05) is 7.05 Å². The Balaban J connectivity index is 2.21. The van der Waals surface area contributed by atoms with Gasteiger partial charge in [0.05, 0.1) is 5.02 Å². The van der Waals surface area contributed by atoms with E-state index in [-0.39, 0.29) is 16.8 Å². The average Bonchev–Trinajstić information content (AvgIpc) is 2.43. The van der Waals surface area contributed by atoms with E-state index in [0.717, 1.165) is 11.1 Å². The summed E-state index contributed by atoms with van der Waals surface area (Å²) in [4.78, 5) is 18.0. The first kappa shape index (κ1) is 15.8. The van der Waals surface area contributed by atoms with Gasteiger partial charge in [0.1, 0.15) is 10.8 Å². The van der Waals surface area contributed by atoms with Crippen LogP contribution in [0.25, 0.3) is 0 Å². The first-order valence-electron chi connectivity index (χ1n) is 6.52. The molecule has 0 N–H and O–H groups in total. The first-order chi connectivity index (χ1) is 9.88. The quantitative estimate of drug-likeness (QED) is 0.790. The summed E-state index contributed by atoms with van der Waals surface area (Å²) in [5.74, 6) is -0.248. The number of nitrogens with zero attached hydrogens (tertiary/aromatic N) is 2. The molecule has 0 aliphatic rings. The van der Waals surface area contributed by atoms with Crippen molar-refractivity contribution in [3.8, 4) is 0 Å². The fourth-order valence-corrected chi connectivity index (χ4v) is 2.43. The second-order valence-corrected chi connectivity index (χ2v) is 5.85. The molecule has 21 heavy (non-hydrogen) atoms. The number of hydrogen-bond acceptors (Lipinski definition) is 2. The van der Waals surface area contributed by atoms with Crippen molar-refractivity contribution in [1.29, 1.82) is 0 Å². The highest BCUT2D eigenvalue weighted by atomic mass is 35.5. The zero-order valence-electron chi connectivity index (χ0n) is 12.2. The molecule has 0 unspecified atom stereocenters. The standard InChI is InChI=1S/C16H16Cl2N2O/c1-10-4-5-12(11(2)8-10)9-20(3)16(21)15-13(17)6-7-14(18)19-15/h4-8H,9H2,1-3H3. The lowest BCUT2D eigenvalue weighted by atomic mass is 10.1. The van der Waals surface area contributed by atoms with Crippen LogP contribution in [-0.4, -0.2) is 22.8 Å². The molecule has 2 rings (SSSR count). The molecular weight excluding hydrogens is 307 g/mol. The van der Waals surface area contributed by atoms with Crippen LogP contribution in [0.4, 0.5) is 0 Å². The molecule has 0 atom stereocenters. The smallest absolute Gasteiger partial charge is 0.274 e. The molecule has 2 aromatic rings. The monoisotopic (exact) mass is 322 g/mol. The zero-order valence-corrected chi connectivity index (χ0v) is 13.7. The molecule has 0 radical (unpaired) electrons. The Bertz CT molecular complexity index is 686. The lowest BCUT2D eigenvalue weighted by Gasteiger charge is -2.19. The molecule has 0 saturated heterocycles. The third kappa shape index (κ3) is 3.74. The van der Waals surface area contributed by atoms with Crippen LogP contribution in [0.3, 0.4) is 0 Å². The molecule has 0 aliphatic carbocycles. The number of halogens is 2. The van der Waals surface area contributed by atoms with Crippen molar-refractivity contribution in [3.63, 3.8) is 0 Å². The highest BCUT2D eigenvalue weighted by Gasteiger charge is 2.18. The topological polar surface area (TPSA) is 33.2 Å². The van der Waals surface area contributed by atoms with Crippen molar-refractivity contribution in [1.82, 2.24) is 9.88 Å². The van der Waals surface area contributed by atoms with Crippen LogP contribution in [0.15, 0.2) is 30.3 Å². The number of carbonyl (C=O) groups excluding carboxylic acids is 1. The Morgan fingerprint density at radius 2 is 1.90 bits per heavy atom. The Hall–Kier alpha value is -1.58. The third-order valence-electron chi connectivity index (χ3n) is 3.27. The van der Waals surface area contributed by atoms with E-state index in [9.17, 15) is 4.79 Å². The number of aryl methyl sites for hydroxylation is 2. The maximum absolute atomic E-state index is 12.4. The van der Waals surface area contributed by atoms with Gasteiger partial charge in [-0.2, -0.15) is 0 Å². The van der Waals surface area contributed by atoms with E-state index in [1.807, 2.05) is 26.0 Å². The molecule has 0 spiro atoms. The van der Waals surface area contributed by atoms with E-state index in [2.05, 4.69) is 11.1 Å².